The fourth-order valence-electron chi connectivity index (χ4n) is 2.66. The van der Waals surface area contributed by atoms with Gasteiger partial charge in [-0.2, -0.15) is 0 Å². The van der Waals surface area contributed by atoms with Gasteiger partial charge in [0.05, 0.1) is 17.8 Å². The van der Waals surface area contributed by atoms with Gasteiger partial charge in [0.25, 0.3) is 0 Å². The van der Waals surface area contributed by atoms with Crippen LogP contribution in [0.5, 0.6) is 5.75 Å². The molecule has 0 N–H and O–H groups in total. The van der Waals surface area contributed by atoms with Crippen molar-refractivity contribution in [1.82, 2.24) is 0 Å². The van der Waals surface area contributed by atoms with Crippen molar-refractivity contribution < 1.29 is 14.0 Å². The second-order valence-electron chi connectivity index (χ2n) is 7.52. The fraction of sp³-hybridized carbons (Fsp3) is 0.625. The molecule has 0 radical (unpaired) electrons. The summed E-state index contributed by atoms with van der Waals surface area (Å²) in [7, 11) is -0.304. The molecule has 2 aliphatic rings. The van der Waals surface area contributed by atoms with E-state index in [1.54, 1.807) is 0 Å². The molecule has 108 valence electrons. The van der Waals surface area contributed by atoms with E-state index < -0.39 is 0 Å². The topological polar surface area (TPSA) is 27.7 Å². The van der Waals surface area contributed by atoms with Crippen molar-refractivity contribution in [2.24, 2.45) is 0 Å². The molecule has 4 heteroatoms. The lowest BCUT2D eigenvalue weighted by Gasteiger charge is -2.32. The van der Waals surface area contributed by atoms with Crippen molar-refractivity contribution in [3.05, 3.63) is 23.8 Å². The average Bonchev–Trinajstić information content (AvgIpc) is 2.74. The van der Waals surface area contributed by atoms with E-state index in [0.717, 1.165) is 17.8 Å². The second kappa shape index (κ2) is 4.02. The lowest BCUT2D eigenvalue weighted by atomic mass is 9.75. The van der Waals surface area contributed by atoms with Crippen LogP contribution in [-0.2, 0) is 14.7 Å². The summed E-state index contributed by atoms with van der Waals surface area (Å²) in [5.41, 5.74) is 1.76. The van der Waals surface area contributed by atoms with Crippen molar-refractivity contribution in [2.75, 3.05) is 6.61 Å². The third-order valence-electron chi connectivity index (χ3n) is 4.85. The smallest absolute Gasteiger partial charge is 0.492 e. The first-order valence-electron chi connectivity index (χ1n) is 7.25. The normalized spacial score (nSPS) is 25.4. The van der Waals surface area contributed by atoms with Crippen LogP contribution in [-0.4, -0.2) is 24.9 Å². The first-order valence-corrected chi connectivity index (χ1v) is 7.25. The molecule has 0 unspecified atom stereocenters. The largest absolute Gasteiger partial charge is 0.494 e. The molecule has 0 aromatic heterocycles. The van der Waals surface area contributed by atoms with Crippen LogP contribution < -0.4 is 10.2 Å². The Balaban J connectivity index is 1.94. The summed E-state index contributed by atoms with van der Waals surface area (Å²) in [5, 5.41) is 0. The number of benzene rings is 1. The van der Waals surface area contributed by atoms with Gasteiger partial charge < -0.3 is 14.0 Å². The van der Waals surface area contributed by atoms with Crippen molar-refractivity contribution in [3.63, 3.8) is 0 Å². The zero-order valence-corrected chi connectivity index (χ0v) is 13.2. The van der Waals surface area contributed by atoms with Crippen LogP contribution in [0.4, 0.5) is 0 Å². The molecule has 3 nitrogen and oxygen atoms in total. The quantitative estimate of drug-likeness (QED) is 0.737. The van der Waals surface area contributed by atoms with Gasteiger partial charge in [0.2, 0.25) is 0 Å². The van der Waals surface area contributed by atoms with E-state index in [1.807, 2.05) is 12.1 Å². The van der Waals surface area contributed by atoms with Gasteiger partial charge in [-0.15, -0.1) is 0 Å². The molecule has 2 heterocycles. The van der Waals surface area contributed by atoms with Gasteiger partial charge >= 0.3 is 7.12 Å². The Morgan fingerprint density at radius 3 is 2.15 bits per heavy atom. The molecule has 3 rings (SSSR count). The molecule has 0 spiro atoms. The highest BCUT2D eigenvalue weighted by Gasteiger charge is 2.52. The summed E-state index contributed by atoms with van der Waals surface area (Å²) in [6.07, 6.45) is 0. The second-order valence-corrected chi connectivity index (χ2v) is 7.52. The minimum atomic E-state index is -0.304. The van der Waals surface area contributed by atoms with E-state index in [4.69, 9.17) is 14.0 Å². The highest BCUT2D eigenvalue weighted by Crippen LogP contribution is 2.39. The molecule has 0 aliphatic carbocycles. The van der Waals surface area contributed by atoms with Crippen molar-refractivity contribution in [3.8, 4) is 5.75 Å². The van der Waals surface area contributed by atoms with Gasteiger partial charge in [-0.25, -0.2) is 0 Å². The molecule has 0 amide bonds. The third-order valence-corrected chi connectivity index (χ3v) is 4.85. The van der Waals surface area contributed by atoms with E-state index in [9.17, 15) is 0 Å². The highest BCUT2D eigenvalue weighted by molar-refractivity contribution is 6.62. The summed E-state index contributed by atoms with van der Waals surface area (Å²) < 4.78 is 18.0. The van der Waals surface area contributed by atoms with Crippen molar-refractivity contribution in [2.45, 2.75) is 58.2 Å². The van der Waals surface area contributed by atoms with E-state index in [2.05, 4.69) is 47.6 Å². The Labute approximate surface area is 121 Å². The van der Waals surface area contributed by atoms with E-state index in [0.29, 0.717) is 0 Å². The van der Waals surface area contributed by atoms with E-state index in [-0.39, 0.29) is 23.7 Å². The summed E-state index contributed by atoms with van der Waals surface area (Å²) in [4.78, 5) is 0. The van der Waals surface area contributed by atoms with Crippen LogP contribution in [0.25, 0.3) is 0 Å². The van der Waals surface area contributed by atoms with Gasteiger partial charge in [0, 0.05) is 11.0 Å². The third kappa shape index (κ3) is 1.97. The Kier molecular flexibility index (Phi) is 2.80. The number of ether oxygens (including phenoxy) is 1. The molecule has 1 fully saturated rings. The Morgan fingerprint density at radius 1 is 0.950 bits per heavy atom. The molecular formula is C16H23BO3. The molecule has 0 saturated carbocycles. The summed E-state index contributed by atoms with van der Waals surface area (Å²) >= 11 is 0. The molecular weight excluding hydrogens is 251 g/mol. The number of fused-ring (bicyclic) bond motifs is 1. The minimum Gasteiger partial charge on any atom is -0.492 e. The zero-order valence-electron chi connectivity index (χ0n) is 13.2. The van der Waals surface area contributed by atoms with Gasteiger partial charge in [0.15, 0.2) is 0 Å². The summed E-state index contributed by atoms with van der Waals surface area (Å²) in [6, 6.07) is 6.25. The van der Waals surface area contributed by atoms with Crippen molar-refractivity contribution in [1.29, 1.82) is 0 Å². The number of hydrogen-bond donors (Lipinski definition) is 0. The van der Waals surface area contributed by atoms with Gasteiger partial charge in [-0.3, -0.25) is 0 Å². The fourth-order valence-corrected chi connectivity index (χ4v) is 2.66. The molecule has 1 saturated heterocycles. The van der Waals surface area contributed by atoms with Crippen LogP contribution in [0.2, 0.25) is 0 Å². The Hall–Kier alpha value is -0.995. The van der Waals surface area contributed by atoms with Crippen LogP contribution in [0, 0.1) is 0 Å². The van der Waals surface area contributed by atoms with Gasteiger partial charge in [-0.05, 0) is 39.2 Å². The van der Waals surface area contributed by atoms with Gasteiger partial charge in [-0.1, -0.05) is 26.0 Å². The molecule has 20 heavy (non-hydrogen) atoms. The maximum absolute atomic E-state index is 6.12. The monoisotopic (exact) mass is 274 g/mol. The van der Waals surface area contributed by atoms with Crippen LogP contribution >= 0.6 is 0 Å². The number of hydrogen-bond acceptors (Lipinski definition) is 3. The minimum absolute atomic E-state index is 0.0506. The first kappa shape index (κ1) is 14.0. The van der Waals surface area contributed by atoms with Crippen LogP contribution in [0.3, 0.4) is 0 Å². The maximum Gasteiger partial charge on any atom is 0.494 e. The maximum atomic E-state index is 6.12. The van der Waals surface area contributed by atoms with Crippen LogP contribution in [0.15, 0.2) is 18.2 Å². The van der Waals surface area contributed by atoms with Gasteiger partial charge in [0.1, 0.15) is 5.75 Å². The van der Waals surface area contributed by atoms with E-state index in [1.165, 1.54) is 5.56 Å². The average molecular weight is 274 g/mol. The summed E-state index contributed by atoms with van der Waals surface area (Å²) in [6.45, 7) is 13.4. The van der Waals surface area contributed by atoms with Crippen LogP contribution in [0.1, 0.15) is 47.1 Å². The Morgan fingerprint density at radius 2 is 1.55 bits per heavy atom. The molecule has 0 atom stereocenters. The predicted molar refractivity (Wildman–Crippen MR) is 80.7 cm³/mol. The zero-order chi connectivity index (χ0) is 14.8. The first-order chi connectivity index (χ1) is 9.12. The standard InChI is InChI=1S/C16H23BO3/c1-14(2)10-18-13-8-7-11(9-12(13)14)17-19-15(3,4)16(5,6)20-17/h7-9H,10H2,1-6H3. The molecule has 2 aliphatic heterocycles. The lowest BCUT2D eigenvalue weighted by Crippen LogP contribution is -2.41. The molecule has 1 aromatic carbocycles. The molecule has 0 bridgehead atoms. The van der Waals surface area contributed by atoms with E-state index >= 15 is 0 Å². The molecule has 1 aromatic rings. The van der Waals surface area contributed by atoms with Crippen molar-refractivity contribution >= 4 is 12.6 Å². The number of rotatable bonds is 1. The Bertz CT molecular complexity index is 533. The SMILES string of the molecule is CC1(C)COc2ccc(B3OC(C)(C)C(C)(C)O3)cc21. The predicted octanol–water partition coefficient (Wildman–Crippen LogP) is 2.66. The summed E-state index contributed by atoms with van der Waals surface area (Å²) in [5.74, 6) is 0.982. The lowest BCUT2D eigenvalue weighted by molar-refractivity contribution is 0.00578. The highest BCUT2D eigenvalue weighted by atomic mass is 16.7.